The van der Waals surface area contributed by atoms with Crippen LogP contribution >= 0.6 is 11.6 Å². The van der Waals surface area contributed by atoms with Gasteiger partial charge in [0.1, 0.15) is 12.4 Å². The maximum atomic E-state index is 13.0. The summed E-state index contributed by atoms with van der Waals surface area (Å²) in [6, 6.07) is 6.09. The molecule has 1 aromatic carbocycles. The highest BCUT2D eigenvalue weighted by atomic mass is 35.5. The van der Waals surface area contributed by atoms with Crippen molar-refractivity contribution in [1.29, 1.82) is 0 Å². The van der Waals surface area contributed by atoms with Gasteiger partial charge in [-0.2, -0.15) is 17.9 Å². The Morgan fingerprint density at radius 2 is 1.88 bits per heavy atom. The van der Waals surface area contributed by atoms with Crippen LogP contribution in [0.15, 0.2) is 41.5 Å². The van der Waals surface area contributed by atoms with E-state index in [0.29, 0.717) is 28.8 Å². The Bertz CT molecular complexity index is 1350. The minimum absolute atomic E-state index is 0.0517. The van der Waals surface area contributed by atoms with Gasteiger partial charge in [0.25, 0.3) is 0 Å². The maximum absolute atomic E-state index is 13.0. The smallest absolute Gasteiger partial charge is 0.382 e. The van der Waals surface area contributed by atoms with Gasteiger partial charge in [0.05, 0.1) is 6.54 Å². The number of imidazole rings is 1. The zero-order valence-corrected chi connectivity index (χ0v) is 18.9. The molecule has 0 aliphatic heterocycles. The third-order valence-electron chi connectivity index (χ3n) is 5.07. The summed E-state index contributed by atoms with van der Waals surface area (Å²) >= 11 is 5.90. The molecular weight excluding hydrogens is 477 g/mol. The molecule has 0 radical (unpaired) electrons. The van der Waals surface area contributed by atoms with Gasteiger partial charge >= 0.3 is 11.9 Å². The molecule has 0 spiro atoms. The Morgan fingerprint density at radius 1 is 1.18 bits per heavy atom. The standard InChI is InChI=1S/C20H20ClF3N8O2/c1-3-16-26-15(27-32(16)18-25-8-9-29(18)2)11-31-19(34)30(10-14(33)20(22,23)24)17(28-31)12-4-6-13(21)7-5-12/h4-9,14,33H,3,10-11H2,1-2H3. The fourth-order valence-corrected chi connectivity index (χ4v) is 3.47. The van der Waals surface area contributed by atoms with E-state index in [-0.39, 0.29) is 18.2 Å². The summed E-state index contributed by atoms with van der Waals surface area (Å²) in [5, 5.41) is 18.6. The molecule has 0 bridgehead atoms. The van der Waals surface area contributed by atoms with Crippen molar-refractivity contribution in [2.75, 3.05) is 0 Å². The van der Waals surface area contributed by atoms with Gasteiger partial charge in [0.15, 0.2) is 17.8 Å². The van der Waals surface area contributed by atoms with Crippen molar-refractivity contribution >= 4 is 11.6 Å². The van der Waals surface area contributed by atoms with E-state index in [0.717, 1.165) is 9.25 Å². The highest BCUT2D eigenvalue weighted by Crippen LogP contribution is 2.24. The van der Waals surface area contributed by atoms with E-state index in [1.807, 2.05) is 6.92 Å². The quantitative estimate of drug-likeness (QED) is 0.420. The molecule has 180 valence electrons. The summed E-state index contributed by atoms with van der Waals surface area (Å²) in [7, 11) is 1.79. The Hall–Kier alpha value is -3.45. The summed E-state index contributed by atoms with van der Waals surface area (Å²) in [5.41, 5.74) is -0.491. The fourth-order valence-electron chi connectivity index (χ4n) is 3.34. The van der Waals surface area contributed by atoms with Crippen molar-refractivity contribution in [2.45, 2.75) is 38.7 Å². The van der Waals surface area contributed by atoms with Crippen LogP contribution in [0.3, 0.4) is 0 Å². The summed E-state index contributed by atoms with van der Waals surface area (Å²) < 4.78 is 44.1. The topological polar surface area (TPSA) is 109 Å². The zero-order valence-electron chi connectivity index (χ0n) is 18.1. The average molecular weight is 497 g/mol. The first-order chi connectivity index (χ1) is 16.1. The molecule has 0 aliphatic rings. The number of aryl methyl sites for hydroxylation is 2. The van der Waals surface area contributed by atoms with Crippen molar-refractivity contribution in [3.63, 3.8) is 0 Å². The molecule has 3 aromatic heterocycles. The fraction of sp³-hybridized carbons (Fsp3) is 0.350. The Kier molecular flexibility index (Phi) is 6.32. The SMILES string of the molecule is CCc1nc(Cn2nc(-c3ccc(Cl)cc3)n(CC(O)C(F)(F)F)c2=O)nn1-c1nccn1C. The zero-order chi connectivity index (χ0) is 24.6. The summed E-state index contributed by atoms with van der Waals surface area (Å²) in [6.45, 7) is 0.667. The van der Waals surface area contributed by atoms with Gasteiger partial charge in [0.2, 0.25) is 5.95 Å². The molecule has 0 fully saturated rings. The predicted molar refractivity (Wildman–Crippen MR) is 116 cm³/mol. The van der Waals surface area contributed by atoms with E-state index >= 15 is 0 Å². The summed E-state index contributed by atoms with van der Waals surface area (Å²) in [5.74, 6) is 1.28. The van der Waals surface area contributed by atoms with Crippen molar-refractivity contribution in [3.05, 3.63) is 63.8 Å². The summed E-state index contributed by atoms with van der Waals surface area (Å²) in [6.07, 6.45) is -3.78. The van der Waals surface area contributed by atoms with Gasteiger partial charge in [-0.05, 0) is 24.3 Å². The molecular formula is C20H20ClF3N8O2. The second-order valence-corrected chi connectivity index (χ2v) is 7.92. The van der Waals surface area contributed by atoms with E-state index in [2.05, 4.69) is 20.2 Å². The maximum Gasteiger partial charge on any atom is 0.416 e. The molecule has 10 nitrogen and oxygen atoms in total. The normalized spacial score (nSPS) is 12.9. The number of halogens is 4. The highest BCUT2D eigenvalue weighted by Gasteiger charge is 2.39. The van der Waals surface area contributed by atoms with Crippen molar-refractivity contribution < 1.29 is 18.3 Å². The monoisotopic (exact) mass is 496 g/mol. The Morgan fingerprint density at radius 3 is 2.47 bits per heavy atom. The van der Waals surface area contributed by atoms with Gasteiger partial charge in [-0.3, -0.25) is 4.57 Å². The van der Waals surface area contributed by atoms with Crippen LogP contribution in [0.5, 0.6) is 0 Å². The molecule has 4 rings (SSSR count). The second kappa shape index (κ2) is 9.06. The number of hydrogen-bond donors (Lipinski definition) is 1. The van der Waals surface area contributed by atoms with Crippen LogP contribution < -0.4 is 5.69 Å². The van der Waals surface area contributed by atoms with Gasteiger partial charge in [-0.25, -0.2) is 19.4 Å². The van der Waals surface area contributed by atoms with Crippen LogP contribution in [0.2, 0.25) is 5.02 Å². The van der Waals surface area contributed by atoms with Crippen molar-refractivity contribution in [2.24, 2.45) is 7.05 Å². The van der Waals surface area contributed by atoms with E-state index in [1.165, 1.54) is 28.9 Å². The van der Waals surface area contributed by atoms with E-state index in [1.54, 1.807) is 24.0 Å². The van der Waals surface area contributed by atoms with Crippen molar-refractivity contribution in [1.82, 2.24) is 38.7 Å². The molecule has 1 N–H and O–H groups in total. The third kappa shape index (κ3) is 4.61. The largest absolute Gasteiger partial charge is 0.416 e. The number of hydrogen-bond acceptors (Lipinski definition) is 6. The van der Waals surface area contributed by atoms with Crippen LogP contribution in [0, 0.1) is 0 Å². The van der Waals surface area contributed by atoms with Crippen molar-refractivity contribution in [3.8, 4) is 17.3 Å². The first kappa shape index (κ1) is 23.7. The third-order valence-corrected chi connectivity index (χ3v) is 5.32. The highest BCUT2D eigenvalue weighted by molar-refractivity contribution is 6.30. The minimum atomic E-state index is -4.91. The van der Waals surface area contributed by atoms with Crippen LogP contribution in [-0.4, -0.2) is 56.0 Å². The first-order valence-corrected chi connectivity index (χ1v) is 10.6. The number of nitrogens with zero attached hydrogens (tertiary/aromatic N) is 8. The second-order valence-electron chi connectivity index (χ2n) is 7.49. The number of rotatable bonds is 7. The lowest BCUT2D eigenvalue weighted by molar-refractivity contribution is -0.207. The van der Waals surface area contributed by atoms with Crippen LogP contribution in [0.1, 0.15) is 18.6 Å². The van der Waals surface area contributed by atoms with Gasteiger partial charge < -0.3 is 9.67 Å². The average Bonchev–Trinajstić information content (AvgIpc) is 3.47. The molecule has 14 heteroatoms. The Labute approximate surface area is 195 Å². The number of aliphatic hydroxyl groups is 1. The molecule has 0 aliphatic carbocycles. The summed E-state index contributed by atoms with van der Waals surface area (Å²) in [4.78, 5) is 21.7. The molecule has 0 amide bonds. The molecule has 1 atom stereocenters. The number of aliphatic hydroxyl groups excluding tert-OH is 1. The van der Waals surface area contributed by atoms with Crippen LogP contribution in [-0.2, 0) is 26.6 Å². The van der Waals surface area contributed by atoms with E-state index in [9.17, 15) is 23.1 Å². The molecule has 0 saturated carbocycles. The lowest BCUT2D eigenvalue weighted by Gasteiger charge is -2.15. The van der Waals surface area contributed by atoms with E-state index in [4.69, 9.17) is 11.6 Å². The lowest BCUT2D eigenvalue weighted by atomic mass is 10.2. The van der Waals surface area contributed by atoms with Gasteiger partial charge in [0, 0.05) is 36.4 Å². The van der Waals surface area contributed by atoms with E-state index < -0.39 is 24.5 Å². The number of benzene rings is 1. The van der Waals surface area contributed by atoms with Crippen LogP contribution in [0.25, 0.3) is 17.3 Å². The first-order valence-electron chi connectivity index (χ1n) is 10.2. The van der Waals surface area contributed by atoms with Gasteiger partial charge in [-0.1, -0.05) is 18.5 Å². The molecule has 3 heterocycles. The minimum Gasteiger partial charge on any atom is -0.382 e. The molecule has 1 unspecified atom stereocenters. The Balaban J connectivity index is 1.75. The number of aromatic nitrogens is 8. The molecule has 4 aromatic rings. The lowest BCUT2D eigenvalue weighted by Crippen LogP contribution is -2.37. The van der Waals surface area contributed by atoms with Crippen LogP contribution in [0.4, 0.5) is 13.2 Å². The number of alkyl halides is 3. The van der Waals surface area contributed by atoms with Gasteiger partial charge in [-0.15, -0.1) is 10.2 Å². The molecule has 0 saturated heterocycles. The molecule has 34 heavy (non-hydrogen) atoms. The predicted octanol–water partition coefficient (Wildman–Crippen LogP) is 2.21.